The molecule has 0 spiro atoms. The van der Waals surface area contributed by atoms with Crippen molar-refractivity contribution in [2.24, 2.45) is 0 Å². The molecule has 0 heterocycles. The molecule has 1 rings (SSSR count). The molecular weight excluding hydrogens is 174 g/mol. The van der Waals surface area contributed by atoms with E-state index in [-0.39, 0.29) is 0 Å². The first kappa shape index (κ1) is 11.1. The summed E-state index contributed by atoms with van der Waals surface area (Å²) in [5.74, 6) is 0.328. The van der Waals surface area contributed by atoms with Gasteiger partial charge in [-0.25, -0.2) is 0 Å². The fourth-order valence-electron chi connectivity index (χ4n) is 1.38. The highest BCUT2D eigenvalue weighted by atomic mass is 16.3. The lowest BCUT2D eigenvalue weighted by molar-refractivity contribution is 0.474. The molecule has 0 saturated heterocycles. The molecule has 14 heavy (non-hydrogen) atoms. The van der Waals surface area contributed by atoms with Crippen LogP contribution >= 0.6 is 0 Å². The van der Waals surface area contributed by atoms with E-state index in [0.717, 1.165) is 6.54 Å². The number of hydrogen-bond donors (Lipinski definition) is 2. The van der Waals surface area contributed by atoms with Gasteiger partial charge < -0.3 is 10.4 Å². The maximum absolute atomic E-state index is 9.13. The van der Waals surface area contributed by atoms with Crippen LogP contribution in [0.5, 0.6) is 5.75 Å². The van der Waals surface area contributed by atoms with Gasteiger partial charge in [0.05, 0.1) is 0 Å². The summed E-state index contributed by atoms with van der Waals surface area (Å²) in [6.07, 6.45) is 2.43. The first-order chi connectivity index (χ1) is 6.74. The zero-order valence-electron chi connectivity index (χ0n) is 8.96. The monoisotopic (exact) mass is 193 g/mol. The van der Waals surface area contributed by atoms with Crippen LogP contribution in [0.1, 0.15) is 38.3 Å². The summed E-state index contributed by atoms with van der Waals surface area (Å²) in [6, 6.07) is 7.74. The average Bonchev–Trinajstić information content (AvgIpc) is 2.19. The summed E-state index contributed by atoms with van der Waals surface area (Å²) in [4.78, 5) is 0. The number of nitrogens with one attached hydrogen (secondary N) is 1. The molecule has 2 nitrogen and oxygen atoms in total. The Morgan fingerprint density at radius 3 is 2.50 bits per heavy atom. The van der Waals surface area contributed by atoms with E-state index < -0.39 is 0 Å². The third-order valence-corrected chi connectivity index (χ3v) is 2.37. The molecule has 0 bridgehead atoms. The second kappa shape index (κ2) is 5.66. The van der Waals surface area contributed by atoms with Gasteiger partial charge in [-0.3, -0.25) is 0 Å². The second-order valence-electron chi connectivity index (χ2n) is 3.62. The molecule has 0 saturated carbocycles. The highest BCUT2D eigenvalue weighted by molar-refractivity contribution is 5.27. The van der Waals surface area contributed by atoms with Gasteiger partial charge in [-0.05, 0) is 37.6 Å². The molecule has 0 radical (unpaired) electrons. The molecule has 0 aromatic heterocycles. The smallest absolute Gasteiger partial charge is 0.115 e. The Morgan fingerprint density at radius 2 is 1.93 bits per heavy atom. The molecule has 78 valence electrons. The van der Waals surface area contributed by atoms with Crippen molar-refractivity contribution in [3.63, 3.8) is 0 Å². The van der Waals surface area contributed by atoms with Crippen molar-refractivity contribution in [3.8, 4) is 5.75 Å². The lowest BCUT2D eigenvalue weighted by Gasteiger charge is -2.13. The van der Waals surface area contributed by atoms with Crippen LogP contribution in [0.3, 0.4) is 0 Å². The van der Waals surface area contributed by atoms with Gasteiger partial charge in [0, 0.05) is 6.04 Å². The average molecular weight is 193 g/mol. The summed E-state index contributed by atoms with van der Waals surface area (Å²) in [7, 11) is 0. The normalized spacial score (nSPS) is 12.7. The highest BCUT2D eigenvalue weighted by Crippen LogP contribution is 2.16. The van der Waals surface area contributed by atoms with E-state index in [4.69, 9.17) is 5.11 Å². The van der Waals surface area contributed by atoms with Crippen molar-refractivity contribution in [3.05, 3.63) is 29.8 Å². The van der Waals surface area contributed by atoms with E-state index in [1.807, 2.05) is 12.1 Å². The van der Waals surface area contributed by atoms with Crippen molar-refractivity contribution < 1.29 is 5.11 Å². The van der Waals surface area contributed by atoms with Crippen molar-refractivity contribution in [1.29, 1.82) is 0 Å². The number of benzene rings is 1. The summed E-state index contributed by atoms with van der Waals surface area (Å²) in [5.41, 5.74) is 1.22. The van der Waals surface area contributed by atoms with Crippen LogP contribution in [0, 0.1) is 0 Å². The SMILES string of the molecule is CCCCNC(C)c1ccc(O)cc1. The molecule has 0 aliphatic rings. The third kappa shape index (κ3) is 3.38. The Labute approximate surface area is 86.0 Å². The van der Waals surface area contributed by atoms with E-state index in [0.29, 0.717) is 11.8 Å². The van der Waals surface area contributed by atoms with Gasteiger partial charge in [-0.2, -0.15) is 0 Å². The number of rotatable bonds is 5. The van der Waals surface area contributed by atoms with Crippen LogP contribution in [-0.2, 0) is 0 Å². The molecule has 0 aliphatic heterocycles. The minimum atomic E-state index is 0.328. The molecule has 1 aromatic rings. The Hall–Kier alpha value is -1.02. The van der Waals surface area contributed by atoms with Gasteiger partial charge in [-0.15, -0.1) is 0 Å². The molecule has 2 N–H and O–H groups in total. The summed E-state index contributed by atoms with van der Waals surface area (Å²) < 4.78 is 0. The van der Waals surface area contributed by atoms with Crippen LogP contribution in [-0.4, -0.2) is 11.7 Å². The van der Waals surface area contributed by atoms with Crippen molar-refractivity contribution in [2.45, 2.75) is 32.7 Å². The summed E-state index contributed by atoms with van der Waals surface area (Å²) >= 11 is 0. The number of unbranched alkanes of at least 4 members (excludes halogenated alkanes) is 1. The van der Waals surface area contributed by atoms with Gasteiger partial charge in [0.1, 0.15) is 5.75 Å². The zero-order valence-corrected chi connectivity index (χ0v) is 8.96. The van der Waals surface area contributed by atoms with Crippen molar-refractivity contribution >= 4 is 0 Å². The van der Waals surface area contributed by atoms with E-state index in [1.165, 1.54) is 18.4 Å². The minimum Gasteiger partial charge on any atom is -0.508 e. The maximum atomic E-state index is 9.13. The topological polar surface area (TPSA) is 32.3 Å². The molecule has 0 fully saturated rings. The van der Waals surface area contributed by atoms with E-state index in [9.17, 15) is 0 Å². The second-order valence-corrected chi connectivity index (χ2v) is 3.62. The Bertz CT molecular complexity index is 256. The minimum absolute atomic E-state index is 0.328. The lowest BCUT2D eigenvalue weighted by atomic mass is 10.1. The predicted octanol–water partition coefficient (Wildman–Crippen LogP) is 2.84. The van der Waals surface area contributed by atoms with Crippen LogP contribution < -0.4 is 5.32 Å². The van der Waals surface area contributed by atoms with Gasteiger partial charge in [-0.1, -0.05) is 25.5 Å². The lowest BCUT2D eigenvalue weighted by Crippen LogP contribution is -2.19. The molecule has 1 atom stereocenters. The quantitative estimate of drug-likeness (QED) is 0.705. The van der Waals surface area contributed by atoms with Gasteiger partial charge in [0.15, 0.2) is 0 Å². The fourth-order valence-corrected chi connectivity index (χ4v) is 1.38. The van der Waals surface area contributed by atoms with Crippen LogP contribution in [0.4, 0.5) is 0 Å². The number of phenolic OH excluding ortho intramolecular Hbond substituents is 1. The van der Waals surface area contributed by atoms with Gasteiger partial charge in [0.2, 0.25) is 0 Å². The molecule has 1 unspecified atom stereocenters. The maximum Gasteiger partial charge on any atom is 0.115 e. The van der Waals surface area contributed by atoms with E-state index >= 15 is 0 Å². The number of aromatic hydroxyl groups is 1. The molecule has 2 heteroatoms. The third-order valence-electron chi connectivity index (χ3n) is 2.37. The van der Waals surface area contributed by atoms with Gasteiger partial charge >= 0.3 is 0 Å². The first-order valence-corrected chi connectivity index (χ1v) is 5.26. The standard InChI is InChI=1S/C12H19NO/c1-3-4-9-13-10(2)11-5-7-12(14)8-6-11/h5-8,10,13-14H,3-4,9H2,1-2H3. The van der Waals surface area contributed by atoms with Crippen molar-refractivity contribution in [2.75, 3.05) is 6.54 Å². The first-order valence-electron chi connectivity index (χ1n) is 5.26. The molecule has 0 amide bonds. The van der Waals surface area contributed by atoms with Crippen LogP contribution in [0.15, 0.2) is 24.3 Å². The molecule has 0 aliphatic carbocycles. The van der Waals surface area contributed by atoms with Crippen LogP contribution in [0.2, 0.25) is 0 Å². The fraction of sp³-hybridized carbons (Fsp3) is 0.500. The largest absolute Gasteiger partial charge is 0.508 e. The van der Waals surface area contributed by atoms with E-state index in [1.54, 1.807) is 12.1 Å². The Balaban J connectivity index is 2.43. The summed E-state index contributed by atoms with van der Waals surface area (Å²) in [6.45, 7) is 5.38. The predicted molar refractivity (Wildman–Crippen MR) is 59.4 cm³/mol. The molecular formula is C12H19NO. The Morgan fingerprint density at radius 1 is 1.29 bits per heavy atom. The van der Waals surface area contributed by atoms with E-state index in [2.05, 4.69) is 19.2 Å². The van der Waals surface area contributed by atoms with Crippen molar-refractivity contribution in [1.82, 2.24) is 5.32 Å². The van der Waals surface area contributed by atoms with Crippen LogP contribution in [0.25, 0.3) is 0 Å². The number of hydrogen-bond acceptors (Lipinski definition) is 2. The molecule has 1 aromatic carbocycles. The number of phenols is 1. The van der Waals surface area contributed by atoms with Gasteiger partial charge in [0.25, 0.3) is 0 Å². The zero-order chi connectivity index (χ0) is 10.4. The summed E-state index contributed by atoms with van der Waals surface area (Å²) in [5, 5.41) is 12.6. The Kier molecular flexibility index (Phi) is 4.47. The highest BCUT2D eigenvalue weighted by Gasteiger charge is 2.02.